The van der Waals surface area contributed by atoms with E-state index in [1.807, 2.05) is 36.1 Å². The van der Waals surface area contributed by atoms with E-state index >= 15 is 0 Å². The van der Waals surface area contributed by atoms with Crippen LogP contribution in [0.2, 0.25) is 0 Å². The molecule has 4 heteroatoms. The molecular formula is C15H22N2O2. The number of hydrogen-bond donors (Lipinski definition) is 1. The molecule has 19 heavy (non-hydrogen) atoms. The lowest BCUT2D eigenvalue weighted by atomic mass is 10.1. The highest BCUT2D eigenvalue weighted by molar-refractivity contribution is 5.84. The maximum Gasteiger partial charge on any atom is 0.241 e. The van der Waals surface area contributed by atoms with Crippen LogP contribution in [0.1, 0.15) is 32.5 Å². The van der Waals surface area contributed by atoms with Crippen molar-refractivity contribution in [2.75, 3.05) is 13.7 Å². The second-order valence-electron chi connectivity index (χ2n) is 5.19. The molecule has 1 aromatic rings. The van der Waals surface area contributed by atoms with Crippen LogP contribution in [-0.4, -0.2) is 30.5 Å². The molecule has 1 amide bonds. The normalized spacial score (nSPS) is 23.2. The summed E-state index contributed by atoms with van der Waals surface area (Å²) in [6.07, 6.45) is -0.0556. The number of amides is 1. The first-order chi connectivity index (χ1) is 9.08. The molecule has 0 saturated carbocycles. The summed E-state index contributed by atoms with van der Waals surface area (Å²) < 4.78 is 5.25. The van der Waals surface area contributed by atoms with Crippen molar-refractivity contribution in [1.29, 1.82) is 0 Å². The molecule has 0 aliphatic carbocycles. The third-order valence-corrected chi connectivity index (χ3v) is 3.62. The highest BCUT2D eigenvalue weighted by atomic mass is 16.5. The first-order valence-corrected chi connectivity index (χ1v) is 6.79. The molecule has 1 fully saturated rings. The van der Waals surface area contributed by atoms with Crippen LogP contribution in [0.3, 0.4) is 0 Å². The quantitative estimate of drug-likeness (QED) is 0.904. The molecule has 2 atom stereocenters. The zero-order chi connectivity index (χ0) is 14.0. The molecule has 4 nitrogen and oxygen atoms in total. The lowest BCUT2D eigenvalue weighted by molar-refractivity contribution is -0.130. The maximum absolute atomic E-state index is 12.3. The van der Waals surface area contributed by atoms with Crippen molar-refractivity contribution in [3.8, 4) is 5.75 Å². The third-order valence-electron chi connectivity index (χ3n) is 3.62. The summed E-state index contributed by atoms with van der Waals surface area (Å²) in [5.74, 6) is 1.29. The van der Waals surface area contributed by atoms with Gasteiger partial charge < -0.3 is 9.64 Å². The van der Waals surface area contributed by atoms with E-state index in [0.29, 0.717) is 6.54 Å². The van der Waals surface area contributed by atoms with Crippen molar-refractivity contribution in [1.82, 2.24) is 10.2 Å². The first-order valence-electron chi connectivity index (χ1n) is 6.79. The molecule has 1 N–H and O–H groups in total. The minimum Gasteiger partial charge on any atom is -0.497 e. The second kappa shape index (κ2) is 5.61. The van der Waals surface area contributed by atoms with Gasteiger partial charge in [0.15, 0.2) is 0 Å². The number of nitrogens with zero attached hydrogens (tertiary/aromatic N) is 1. The van der Waals surface area contributed by atoms with Crippen molar-refractivity contribution in [2.24, 2.45) is 5.92 Å². The zero-order valence-electron chi connectivity index (χ0n) is 12.0. The van der Waals surface area contributed by atoms with E-state index in [9.17, 15) is 4.79 Å². The Morgan fingerprint density at radius 1 is 1.42 bits per heavy atom. The lowest BCUT2D eigenvalue weighted by Crippen LogP contribution is -2.34. The Morgan fingerprint density at radius 2 is 2.16 bits per heavy atom. The second-order valence-corrected chi connectivity index (χ2v) is 5.19. The molecule has 2 unspecified atom stereocenters. The average molecular weight is 262 g/mol. The highest BCUT2D eigenvalue weighted by Crippen LogP contribution is 2.29. The summed E-state index contributed by atoms with van der Waals surface area (Å²) in [4.78, 5) is 14.2. The van der Waals surface area contributed by atoms with E-state index in [1.165, 1.54) is 0 Å². The monoisotopic (exact) mass is 262 g/mol. The van der Waals surface area contributed by atoms with Crippen LogP contribution in [0.4, 0.5) is 0 Å². The van der Waals surface area contributed by atoms with Crippen LogP contribution < -0.4 is 10.1 Å². The summed E-state index contributed by atoms with van der Waals surface area (Å²) in [7, 11) is 1.65. The molecule has 1 aliphatic heterocycles. The summed E-state index contributed by atoms with van der Waals surface area (Å²) in [5.41, 5.74) is 1.07. The van der Waals surface area contributed by atoms with Gasteiger partial charge in [0.05, 0.1) is 13.2 Å². The molecule has 2 rings (SSSR count). The number of likely N-dealkylation sites (N-methyl/N-ethyl adjacent to an activating group) is 1. The van der Waals surface area contributed by atoms with Gasteiger partial charge in [0.1, 0.15) is 11.9 Å². The number of methoxy groups -OCH3 is 1. The van der Waals surface area contributed by atoms with Crippen molar-refractivity contribution >= 4 is 5.91 Å². The summed E-state index contributed by atoms with van der Waals surface area (Å²) in [5, 5.41) is 3.43. The van der Waals surface area contributed by atoms with Gasteiger partial charge >= 0.3 is 0 Å². The van der Waals surface area contributed by atoms with Crippen LogP contribution in [0.15, 0.2) is 24.3 Å². The summed E-state index contributed by atoms with van der Waals surface area (Å²) in [6, 6.07) is 7.78. The predicted molar refractivity (Wildman–Crippen MR) is 74.9 cm³/mol. The van der Waals surface area contributed by atoms with E-state index in [0.717, 1.165) is 11.3 Å². The van der Waals surface area contributed by atoms with Gasteiger partial charge in [0, 0.05) is 6.54 Å². The molecule has 0 bridgehead atoms. The largest absolute Gasteiger partial charge is 0.497 e. The Morgan fingerprint density at radius 3 is 2.74 bits per heavy atom. The Kier molecular flexibility index (Phi) is 4.10. The standard InChI is InChI=1S/C15H22N2O2/c1-5-17-14(16-13(10(2)3)15(17)18)11-7-6-8-12(9-11)19-4/h6-10,13-14,16H,5H2,1-4H3. The maximum atomic E-state index is 12.3. The van der Waals surface area contributed by atoms with Crippen molar-refractivity contribution in [3.63, 3.8) is 0 Å². The molecule has 0 aromatic heterocycles. The number of benzene rings is 1. The molecule has 1 aliphatic rings. The highest BCUT2D eigenvalue weighted by Gasteiger charge is 2.40. The lowest BCUT2D eigenvalue weighted by Gasteiger charge is -2.23. The van der Waals surface area contributed by atoms with Gasteiger partial charge in [-0.3, -0.25) is 10.1 Å². The minimum atomic E-state index is -0.101. The van der Waals surface area contributed by atoms with Crippen LogP contribution in [-0.2, 0) is 4.79 Å². The fraction of sp³-hybridized carbons (Fsp3) is 0.533. The molecule has 1 aromatic carbocycles. The molecule has 0 spiro atoms. The number of nitrogens with one attached hydrogen (secondary N) is 1. The van der Waals surface area contributed by atoms with E-state index in [2.05, 4.69) is 19.2 Å². The summed E-state index contributed by atoms with van der Waals surface area (Å²) >= 11 is 0. The van der Waals surface area contributed by atoms with Gasteiger partial charge in [-0.05, 0) is 30.5 Å². The Balaban J connectivity index is 2.30. The fourth-order valence-electron chi connectivity index (χ4n) is 2.54. The van der Waals surface area contributed by atoms with Crippen LogP contribution in [0, 0.1) is 5.92 Å². The molecular weight excluding hydrogens is 240 g/mol. The topological polar surface area (TPSA) is 41.6 Å². The van der Waals surface area contributed by atoms with E-state index in [-0.39, 0.29) is 24.0 Å². The van der Waals surface area contributed by atoms with Crippen molar-refractivity contribution in [2.45, 2.75) is 33.0 Å². The van der Waals surface area contributed by atoms with Crippen LogP contribution in [0.5, 0.6) is 5.75 Å². The number of carbonyl (C=O) groups excluding carboxylic acids is 1. The Hall–Kier alpha value is -1.55. The molecule has 104 valence electrons. The van der Waals surface area contributed by atoms with Crippen molar-refractivity contribution in [3.05, 3.63) is 29.8 Å². The van der Waals surface area contributed by atoms with E-state index in [4.69, 9.17) is 4.74 Å². The predicted octanol–water partition coefficient (Wildman–Crippen LogP) is 2.17. The molecule has 0 radical (unpaired) electrons. The van der Waals surface area contributed by atoms with Gasteiger partial charge in [-0.2, -0.15) is 0 Å². The van der Waals surface area contributed by atoms with Gasteiger partial charge in [-0.1, -0.05) is 26.0 Å². The Labute approximate surface area is 114 Å². The number of rotatable bonds is 4. The minimum absolute atomic E-state index is 0.0556. The number of carbonyl (C=O) groups is 1. The first kappa shape index (κ1) is 13.9. The Bertz CT molecular complexity index is 459. The van der Waals surface area contributed by atoms with E-state index < -0.39 is 0 Å². The average Bonchev–Trinajstić information content (AvgIpc) is 2.75. The van der Waals surface area contributed by atoms with Gasteiger partial charge in [-0.25, -0.2) is 0 Å². The summed E-state index contributed by atoms with van der Waals surface area (Å²) in [6.45, 7) is 6.85. The molecule has 1 heterocycles. The fourth-order valence-corrected chi connectivity index (χ4v) is 2.54. The third kappa shape index (κ3) is 2.59. The van der Waals surface area contributed by atoms with Gasteiger partial charge in [0.2, 0.25) is 5.91 Å². The SMILES string of the molecule is CCN1C(=O)C(C(C)C)NC1c1cccc(OC)c1. The van der Waals surface area contributed by atoms with E-state index in [1.54, 1.807) is 7.11 Å². The van der Waals surface area contributed by atoms with Crippen molar-refractivity contribution < 1.29 is 9.53 Å². The van der Waals surface area contributed by atoms with Crippen LogP contribution >= 0.6 is 0 Å². The number of ether oxygens (including phenoxy) is 1. The number of hydrogen-bond acceptors (Lipinski definition) is 3. The molecule has 1 saturated heterocycles. The van der Waals surface area contributed by atoms with Gasteiger partial charge in [0.25, 0.3) is 0 Å². The van der Waals surface area contributed by atoms with Crippen LogP contribution in [0.25, 0.3) is 0 Å². The van der Waals surface area contributed by atoms with Gasteiger partial charge in [-0.15, -0.1) is 0 Å². The smallest absolute Gasteiger partial charge is 0.241 e. The zero-order valence-corrected chi connectivity index (χ0v) is 12.0.